The number of nitrogens with one attached hydrogen (secondary N) is 2. The Kier molecular flexibility index (Phi) is 5.30. The molecule has 0 saturated heterocycles. The molecule has 2 N–H and O–H groups in total. The van der Waals surface area contributed by atoms with Crippen molar-refractivity contribution in [1.82, 2.24) is 4.72 Å². The second-order valence-corrected chi connectivity index (χ2v) is 7.20. The first-order valence-electron chi connectivity index (χ1n) is 7.15. The molecule has 2 rings (SSSR count). The van der Waals surface area contributed by atoms with Gasteiger partial charge in [-0.15, -0.1) is 0 Å². The monoisotopic (exact) mass is 350 g/mol. The number of amides is 1. The molecule has 0 aromatic heterocycles. The summed E-state index contributed by atoms with van der Waals surface area (Å²) in [7, 11) is -4.24. The van der Waals surface area contributed by atoms with Crippen molar-refractivity contribution in [2.45, 2.75) is 36.8 Å². The van der Waals surface area contributed by atoms with Crippen LogP contribution in [0.15, 0.2) is 29.2 Å². The topological polar surface area (TPSA) is 75.3 Å². The van der Waals surface area contributed by atoms with E-state index in [1.807, 2.05) is 0 Å². The minimum atomic E-state index is -4.62. The van der Waals surface area contributed by atoms with Crippen molar-refractivity contribution in [3.05, 3.63) is 24.3 Å². The molecule has 1 fully saturated rings. The number of carbonyl (C=O) groups is 1. The van der Waals surface area contributed by atoms with Crippen LogP contribution < -0.4 is 10.0 Å². The number of benzene rings is 1. The van der Waals surface area contributed by atoms with Crippen molar-refractivity contribution >= 4 is 21.6 Å². The number of anilines is 1. The minimum absolute atomic E-state index is 0.0353. The van der Waals surface area contributed by atoms with Crippen LogP contribution in [0.25, 0.3) is 0 Å². The lowest BCUT2D eigenvalue weighted by Crippen LogP contribution is -2.33. The largest absolute Gasteiger partial charge is 0.402 e. The average Bonchev–Trinajstić information content (AvgIpc) is 2.99. The van der Waals surface area contributed by atoms with Crippen molar-refractivity contribution in [2.24, 2.45) is 5.92 Å². The Morgan fingerprint density at radius 2 is 1.70 bits per heavy atom. The number of halogens is 3. The van der Waals surface area contributed by atoms with Gasteiger partial charge in [-0.05, 0) is 37.1 Å². The molecule has 0 aliphatic heterocycles. The fourth-order valence-corrected chi connectivity index (χ4v) is 3.42. The lowest BCUT2D eigenvalue weighted by Gasteiger charge is -2.12. The third kappa shape index (κ3) is 5.21. The minimum Gasteiger partial charge on any atom is -0.326 e. The lowest BCUT2D eigenvalue weighted by atomic mass is 10.1. The summed E-state index contributed by atoms with van der Waals surface area (Å²) in [6.45, 7) is -1.63. The SMILES string of the molecule is O=C(Nc1ccc(S(=O)(=O)NCC(F)(F)F)cc1)C1CCCC1. The number of rotatable bonds is 5. The summed E-state index contributed by atoms with van der Waals surface area (Å²) in [5.41, 5.74) is 0.414. The molecule has 0 atom stereocenters. The highest BCUT2D eigenvalue weighted by Gasteiger charge is 2.30. The van der Waals surface area contributed by atoms with Gasteiger partial charge in [0.2, 0.25) is 15.9 Å². The van der Waals surface area contributed by atoms with Gasteiger partial charge in [-0.25, -0.2) is 13.1 Å². The summed E-state index contributed by atoms with van der Waals surface area (Å²) in [5.74, 6) is -0.153. The van der Waals surface area contributed by atoms with Crippen LogP contribution >= 0.6 is 0 Å². The van der Waals surface area contributed by atoms with Gasteiger partial charge in [0, 0.05) is 11.6 Å². The highest BCUT2D eigenvalue weighted by atomic mass is 32.2. The van der Waals surface area contributed by atoms with Crippen molar-refractivity contribution in [1.29, 1.82) is 0 Å². The standard InChI is InChI=1S/C14H17F3N2O3S/c15-14(16,17)9-18-23(21,22)12-7-5-11(6-8-12)19-13(20)10-3-1-2-4-10/h5-8,10,18H,1-4,9H2,(H,19,20). The molecule has 0 spiro atoms. The van der Waals surface area contributed by atoms with Gasteiger partial charge in [-0.2, -0.15) is 13.2 Å². The van der Waals surface area contributed by atoms with E-state index in [0.717, 1.165) is 37.8 Å². The third-order valence-electron chi connectivity index (χ3n) is 3.62. The Balaban J connectivity index is 1.99. The molecule has 0 unspecified atom stereocenters. The molecular formula is C14H17F3N2O3S. The summed E-state index contributed by atoms with van der Waals surface area (Å²) in [4.78, 5) is 11.7. The van der Waals surface area contributed by atoms with Gasteiger partial charge in [0.05, 0.1) is 4.90 Å². The van der Waals surface area contributed by atoms with E-state index < -0.39 is 22.7 Å². The molecule has 0 radical (unpaired) electrons. The van der Waals surface area contributed by atoms with Crippen molar-refractivity contribution in [2.75, 3.05) is 11.9 Å². The number of sulfonamides is 1. The van der Waals surface area contributed by atoms with E-state index in [-0.39, 0.29) is 16.7 Å². The molecule has 1 aliphatic carbocycles. The number of carbonyl (C=O) groups excluding carboxylic acids is 1. The van der Waals surface area contributed by atoms with Crippen LogP contribution in [0.3, 0.4) is 0 Å². The molecule has 9 heteroatoms. The van der Waals surface area contributed by atoms with E-state index in [2.05, 4.69) is 5.32 Å². The van der Waals surface area contributed by atoms with Gasteiger partial charge in [0.15, 0.2) is 0 Å². The maximum absolute atomic E-state index is 12.1. The van der Waals surface area contributed by atoms with Crippen LogP contribution in [0.2, 0.25) is 0 Å². The van der Waals surface area contributed by atoms with E-state index in [9.17, 15) is 26.4 Å². The first-order chi connectivity index (χ1) is 10.7. The van der Waals surface area contributed by atoms with Crippen LogP contribution in [0, 0.1) is 5.92 Å². The maximum Gasteiger partial charge on any atom is 0.402 e. The predicted octanol–water partition coefficient (Wildman–Crippen LogP) is 2.66. The Morgan fingerprint density at radius 3 is 2.22 bits per heavy atom. The molecule has 128 valence electrons. The number of hydrogen-bond donors (Lipinski definition) is 2. The van der Waals surface area contributed by atoms with Gasteiger partial charge >= 0.3 is 6.18 Å². The van der Waals surface area contributed by atoms with E-state index in [1.54, 1.807) is 0 Å². The van der Waals surface area contributed by atoms with E-state index in [0.29, 0.717) is 5.69 Å². The molecular weight excluding hydrogens is 333 g/mol. The Hall–Kier alpha value is -1.61. The fourth-order valence-electron chi connectivity index (χ4n) is 2.41. The zero-order chi connectivity index (χ0) is 17.1. The van der Waals surface area contributed by atoms with E-state index in [1.165, 1.54) is 16.9 Å². The van der Waals surface area contributed by atoms with Gasteiger partial charge in [-0.3, -0.25) is 4.79 Å². The Labute approximate surface area is 132 Å². The van der Waals surface area contributed by atoms with Gasteiger partial charge in [0.1, 0.15) is 6.54 Å². The van der Waals surface area contributed by atoms with Crippen LogP contribution in [-0.4, -0.2) is 27.0 Å². The van der Waals surface area contributed by atoms with Crippen LogP contribution in [0.5, 0.6) is 0 Å². The first-order valence-corrected chi connectivity index (χ1v) is 8.63. The van der Waals surface area contributed by atoms with Crippen LogP contribution in [-0.2, 0) is 14.8 Å². The molecule has 0 bridgehead atoms. The smallest absolute Gasteiger partial charge is 0.326 e. The zero-order valence-electron chi connectivity index (χ0n) is 12.2. The summed E-state index contributed by atoms with van der Waals surface area (Å²) in [5, 5.41) is 2.68. The molecule has 5 nitrogen and oxygen atoms in total. The zero-order valence-corrected chi connectivity index (χ0v) is 13.0. The summed E-state index contributed by atoms with van der Waals surface area (Å²) in [6.07, 6.45) is -0.929. The number of alkyl halides is 3. The maximum atomic E-state index is 12.1. The van der Waals surface area contributed by atoms with E-state index in [4.69, 9.17) is 0 Å². The summed E-state index contributed by atoms with van der Waals surface area (Å²) in [6, 6.07) is 5.02. The second-order valence-electron chi connectivity index (χ2n) is 5.43. The van der Waals surface area contributed by atoms with Crippen molar-refractivity contribution in [3.8, 4) is 0 Å². The molecule has 1 amide bonds. The first kappa shape index (κ1) is 17.7. The molecule has 1 aromatic carbocycles. The molecule has 23 heavy (non-hydrogen) atoms. The highest BCUT2D eigenvalue weighted by Crippen LogP contribution is 2.26. The van der Waals surface area contributed by atoms with Gasteiger partial charge < -0.3 is 5.32 Å². The molecule has 1 saturated carbocycles. The van der Waals surface area contributed by atoms with Gasteiger partial charge in [-0.1, -0.05) is 12.8 Å². The molecule has 1 aromatic rings. The third-order valence-corrected chi connectivity index (χ3v) is 5.04. The van der Waals surface area contributed by atoms with Gasteiger partial charge in [0.25, 0.3) is 0 Å². The molecule has 0 heterocycles. The quantitative estimate of drug-likeness (QED) is 0.857. The number of hydrogen-bond acceptors (Lipinski definition) is 3. The Bertz CT molecular complexity index is 651. The van der Waals surface area contributed by atoms with Crippen LogP contribution in [0.1, 0.15) is 25.7 Å². The highest BCUT2D eigenvalue weighted by molar-refractivity contribution is 7.89. The average molecular weight is 350 g/mol. The predicted molar refractivity (Wildman–Crippen MR) is 78.3 cm³/mol. The fraction of sp³-hybridized carbons (Fsp3) is 0.500. The normalized spacial score (nSPS) is 16.5. The van der Waals surface area contributed by atoms with Crippen molar-refractivity contribution < 1.29 is 26.4 Å². The summed E-state index contributed by atoms with van der Waals surface area (Å²) >= 11 is 0. The lowest BCUT2D eigenvalue weighted by molar-refractivity contribution is -0.121. The van der Waals surface area contributed by atoms with Crippen molar-refractivity contribution in [3.63, 3.8) is 0 Å². The molecule has 1 aliphatic rings. The second kappa shape index (κ2) is 6.88. The Morgan fingerprint density at radius 1 is 1.13 bits per heavy atom. The van der Waals surface area contributed by atoms with E-state index >= 15 is 0 Å². The summed E-state index contributed by atoms with van der Waals surface area (Å²) < 4.78 is 61.2. The van der Waals surface area contributed by atoms with Crippen LogP contribution in [0.4, 0.5) is 18.9 Å².